The van der Waals surface area contributed by atoms with Gasteiger partial charge in [-0.05, 0) is 31.0 Å². The Bertz CT molecular complexity index is 852. The van der Waals surface area contributed by atoms with E-state index < -0.39 is 23.3 Å². The molecular formula is C20H20F3NO4. The molecule has 0 aliphatic heterocycles. The van der Waals surface area contributed by atoms with Crippen molar-refractivity contribution in [3.63, 3.8) is 0 Å². The molecule has 8 heteroatoms. The molecule has 0 radical (unpaired) electrons. The van der Waals surface area contributed by atoms with E-state index >= 15 is 0 Å². The standard InChI is InChI=1S/C20H20F3NO4/c1-3-28-18(26)19(27,20(21,22)23)15-9-10-16(13(2)11-15)24-17(25)12-14-7-5-4-6-8-14/h4-11,27H,3,12H2,1-2H3,(H,24,25). The second-order valence-corrected chi connectivity index (χ2v) is 6.17. The molecule has 0 bridgehead atoms. The minimum atomic E-state index is -5.27. The maximum Gasteiger partial charge on any atom is 0.432 e. The summed E-state index contributed by atoms with van der Waals surface area (Å²) in [6.07, 6.45) is -5.18. The van der Waals surface area contributed by atoms with Gasteiger partial charge >= 0.3 is 12.1 Å². The fourth-order valence-electron chi connectivity index (χ4n) is 2.64. The molecule has 0 saturated heterocycles. The van der Waals surface area contributed by atoms with Crippen molar-refractivity contribution in [2.45, 2.75) is 32.0 Å². The minimum absolute atomic E-state index is 0.0946. The van der Waals surface area contributed by atoms with E-state index in [1.807, 2.05) is 6.07 Å². The zero-order valence-corrected chi connectivity index (χ0v) is 15.3. The van der Waals surface area contributed by atoms with E-state index in [0.717, 1.165) is 17.7 Å². The first-order valence-corrected chi connectivity index (χ1v) is 8.50. The summed E-state index contributed by atoms with van der Waals surface area (Å²) in [5.41, 5.74) is -3.16. The smallest absolute Gasteiger partial charge is 0.432 e. The van der Waals surface area contributed by atoms with E-state index in [2.05, 4.69) is 10.1 Å². The number of esters is 1. The van der Waals surface area contributed by atoms with Crippen LogP contribution in [0.2, 0.25) is 0 Å². The summed E-state index contributed by atoms with van der Waals surface area (Å²) in [6, 6.07) is 12.1. The number of halogens is 3. The number of carbonyl (C=O) groups is 2. The van der Waals surface area contributed by atoms with Crippen molar-refractivity contribution < 1.29 is 32.6 Å². The highest BCUT2D eigenvalue weighted by Crippen LogP contribution is 2.41. The molecule has 0 heterocycles. The van der Waals surface area contributed by atoms with E-state index in [9.17, 15) is 27.9 Å². The number of amides is 1. The Kier molecular flexibility index (Phi) is 6.45. The molecule has 0 aliphatic rings. The minimum Gasteiger partial charge on any atom is -0.463 e. The van der Waals surface area contributed by atoms with Crippen LogP contribution in [0, 0.1) is 6.92 Å². The molecule has 1 amide bonds. The van der Waals surface area contributed by atoms with Crippen LogP contribution in [-0.4, -0.2) is 29.8 Å². The van der Waals surface area contributed by atoms with Gasteiger partial charge in [-0.2, -0.15) is 13.2 Å². The third-order valence-corrected chi connectivity index (χ3v) is 4.11. The van der Waals surface area contributed by atoms with Gasteiger partial charge in [-0.3, -0.25) is 4.79 Å². The molecule has 0 saturated carbocycles. The number of carbonyl (C=O) groups excluding carboxylic acids is 2. The summed E-state index contributed by atoms with van der Waals surface area (Å²) in [5.74, 6) is -2.15. The SMILES string of the molecule is CCOC(=O)C(O)(c1ccc(NC(=O)Cc2ccccc2)c(C)c1)C(F)(F)F. The van der Waals surface area contributed by atoms with Crippen molar-refractivity contribution >= 4 is 17.6 Å². The molecule has 28 heavy (non-hydrogen) atoms. The topological polar surface area (TPSA) is 75.6 Å². The molecule has 0 aromatic heterocycles. The lowest BCUT2D eigenvalue weighted by Gasteiger charge is -2.29. The molecule has 2 aromatic carbocycles. The van der Waals surface area contributed by atoms with Crippen LogP contribution in [0.5, 0.6) is 0 Å². The average Bonchev–Trinajstić information content (AvgIpc) is 2.62. The van der Waals surface area contributed by atoms with Crippen molar-refractivity contribution in [2.75, 3.05) is 11.9 Å². The summed E-state index contributed by atoms with van der Waals surface area (Å²) in [5, 5.41) is 12.7. The summed E-state index contributed by atoms with van der Waals surface area (Å²) in [6.45, 7) is 2.48. The van der Waals surface area contributed by atoms with Crippen molar-refractivity contribution in [1.82, 2.24) is 0 Å². The van der Waals surface area contributed by atoms with Crippen LogP contribution in [0.3, 0.4) is 0 Å². The summed E-state index contributed by atoms with van der Waals surface area (Å²) in [4.78, 5) is 24.0. The Morgan fingerprint density at radius 1 is 1.11 bits per heavy atom. The monoisotopic (exact) mass is 395 g/mol. The van der Waals surface area contributed by atoms with Gasteiger partial charge in [-0.1, -0.05) is 42.5 Å². The van der Waals surface area contributed by atoms with Crippen molar-refractivity contribution in [3.05, 3.63) is 65.2 Å². The Hall–Kier alpha value is -2.87. The predicted molar refractivity (Wildman–Crippen MR) is 96.5 cm³/mol. The highest BCUT2D eigenvalue weighted by Gasteiger charge is 2.62. The van der Waals surface area contributed by atoms with Gasteiger partial charge in [0.15, 0.2) is 0 Å². The molecular weight excluding hydrogens is 375 g/mol. The molecule has 150 valence electrons. The highest BCUT2D eigenvalue weighted by molar-refractivity contribution is 5.93. The first-order valence-electron chi connectivity index (χ1n) is 8.50. The third-order valence-electron chi connectivity index (χ3n) is 4.11. The average molecular weight is 395 g/mol. The van der Waals surface area contributed by atoms with Crippen LogP contribution in [0.4, 0.5) is 18.9 Å². The fourth-order valence-corrected chi connectivity index (χ4v) is 2.64. The lowest BCUT2D eigenvalue weighted by Crippen LogP contribution is -2.50. The third kappa shape index (κ3) is 4.51. The van der Waals surface area contributed by atoms with Crippen LogP contribution in [0.15, 0.2) is 48.5 Å². The van der Waals surface area contributed by atoms with E-state index in [0.29, 0.717) is 0 Å². The number of benzene rings is 2. The van der Waals surface area contributed by atoms with Crippen LogP contribution >= 0.6 is 0 Å². The number of aryl methyl sites for hydroxylation is 1. The normalized spacial score (nSPS) is 13.5. The number of anilines is 1. The Labute approximate surface area is 160 Å². The van der Waals surface area contributed by atoms with E-state index in [4.69, 9.17) is 0 Å². The number of aliphatic hydroxyl groups is 1. The number of hydrogen-bond donors (Lipinski definition) is 2. The van der Waals surface area contributed by atoms with Gasteiger partial charge in [0.25, 0.3) is 5.60 Å². The van der Waals surface area contributed by atoms with Crippen molar-refractivity contribution in [1.29, 1.82) is 0 Å². The Morgan fingerprint density at radius 2 is 1.75 bits per heavy atom. The number of ether oxygens (including phenoxy) is 1. The van der Waals surface area contributed by atoms with Gasteiger partial charge in [-0.15, -0.1) is 0 Å². The van der Waals surface area contributed by atoms with Gasteiger partial charge in [0, 0.05) is 11.3 Å². The summed E-state index contributed by atoms with van der Waals surface area (Å²) in [7, 11) is 0. The first-order chi connectivity index (χ1) is 13.1. The Morgan fingerprint density at radius 3 is 2.29 bits per heavy atom. The largest absolute Gasteiger partial charge is 0.463 e. The van der Waals surface area contributed by atoms with Gasteiger partial charge in [-0.25, -0.2) is 4.79 Å². The van der Waals surface area contributed by atoms with Gasteiger partial charge in [0.2, 0.25) is 5.91 Å². The molecule has 1 unspecified atom stereocenters. The fraction of sp³-hybridized carbons (Fsp3) is 0.300. The van der Waals surface area contributed by atoms with Crippen LogP contribution in [-0.2, 0) is 26.3 Å². The number of alkyl halides is 3. The number of nitrogens with one attached hydrogen (secondary N) is 1. The lowest BCUT2D eigenvalue weighted by atomic mass is 9.91. The van der Waals surface area contributed by atoms with E-state index in [1.54, 1.807) is 24.3 Å². The van der Waals surface area contributed by atoms with Gasteiger partial charge < -0.3 is 15.2 Å². The van der Waals surface area contributed by atoms with Crippen molar-refractivity contribution in [2.24, 2.45) is 0 Å². The predicted octanol–water partition coefficient (Wildman–Crippen LogP) is 3.49. The first kappa shape index (κ1) is 21.4. The van der Waals surface area contributed by atoms with Gasteiger partial charge in [0.1, 0.15) is 0 Å². The highest BCUT2D eigenvalue weighted by atomic mass is 19.4. The van der Waals surface area contributed by atoms with Crippen LogP contribution in [0.1, 0.15) is 23.6 Å². The summed E-state index contributed by atoms with van der Waals surface area (Å²) >= 11 is 0. The molecule has 2 rings (SSSR count). The van der Waals surface area contributed by atoms with Crippen molar-refractivity contribution in [3.8, 4) is 0 Å². The molecule has 1 atom stereocenters. The molecule has 0 aliphatic carbocycles. The second kappa shape index (κ2) is 8.43. The molecule has 2 N–H and O–H groups in total. The Balaban J connectivity index is 2.26. The quantitative estimate of drug-likeness (QED) is 0.735. The molecule has 2 aromatic rings. The molecule has 0 spiro atoms. The molecule has 0 fully saturated rings. The second-order valence-electron chi connectivity index (χ2n) is 6.17. The van der Waals surface area contributed by atoms with Gasteiger partial charge in [0.05, 0.1) is 13.0 Å². The maximum absolute atomic E-state index is 13.4. The van der Waals surface area contributed by atoms with E-state index in [1.165, 1.54) is 19.9 Å². The van der Waals surface area contributed by atoms with Crippen LogP contribution < -0.4 is 5.32 Å². The zero-order chi connectivity index (χ0) is 20.9. The van der Waals surface area contributed by atoms with E-state index in [-0.39, 0.29) is 30.2 Å². The lowest BCUT2D eigenvalue weighted by molar-refractivity contribution is -0.267. The number of hydrogen-bond acceptors (Lipinski definition) is 4. The summed E-state index contributed by atoms with van der Waals surface area (Å²) < 4.78 is 44.7. The zero-order valence-electron chi connectivity index (χ0n) is 15.3. The molecule has 5 nitrogen and oxygen atoms in total. The van der Waals surface area contributed by atoms with Crippen LogP contribution in [0.25, 0.3) is 0 Å². The number of rotatable bonds is 6. The maximum atomic E-state index is 13.4.